The van der Waals surface area contributed by atoms with Gasteiger partial charge >= 0.3 is 0 Å². The molecule has 1 aromatic rings. The minimum Gasteiger partial charge on any atom is -0.395 e. The Morgan fingerprint density at radius 3 is 3.00 bits per heavy atom. The van der Waals surface area contributed by atoms with Crippen molar-refractivity contribution in [3.8, 4) is 0 Å². The molecule has 0 aliphatic carbocycles. The number of ether oxygens (including phenoxy) is 1. The number of aliphatic hydroxyl groups is 1. The Hall–Kier alpha value is -0.940. The van der Waals surface area contributed by atoms with Crippen molar-refractivity contribution < 1.29 is 9.84 Å². The summed E-state index contributed by atoms with van der Waals surface area (Å²) in [6, 6.07) is 8.45. The van der Waals surface area contributed by atoms with Gasteiger partial charge in [0.15, 0.2) is 0 Å². The molecule has 1 saturated heterocycles. The Morgan fingerprint density at radius 1 is 1.47 bits per heavy atom. The van der Waals surface area contributed by atoms with Crippen LogP contribution >= 0.6 is 0 Å². The summed E-state index contributed by atoms with van der Waals surface area (Å²) in [5.41, 5.74) is 8.74. The summed E-state index contributed by atoms with van der Waals surface area (Å²) in [6.07, 6.45) is 0.904. The zero-order valence-electron chi connectivity index (χ0n) is 11.6. The molecular formula is C15H24N2O2. The van der Waals surface area contributed by atoms with Gasteiger partial charge in [0.1, 0.15) is 0 Å². The lowest BCUT2D eigenvalue weighted by Crippen LogP contribution is -2.48. The normalized spacial score (nSPS) is 22.4. The summed E-state index contributed by atoms with van der Waals surface area (Å²) in [4.78, 5) is 2.28. The highest BCUT2D eigenvalue weighted by Gasteiger charge is 2.22. The lowest BCUT2D eigenvalue weighted by atomic mass is 9.99. The van der Waals surface area contributed by atoms with Gasteiger partial charge in [0.2, 0.25) is 0 Å². The van der Waals surface area contributed by atoms with Gasteiger partial charge in [-0.2, -0.15) is 0 Å². The second-order valence-electron chi connectivity index (χ2n) is 5.20. The standard InChI is InChI=1S/C15H24N2O2/c1-12-4-2-3-5-14(12)15(16)6-7-17-8-9-19-11-13(17)10-18/h2-5,13,15,18H,6-11,16H2,1H3. The van der Waals surface area contributed by atoms with Gasteiger partial charge in [-0.1, -0.05) is 24.3 Å². The molecule has 1 aliphatic heterocycles. The summed E-state index contributed by atoms with van der Waals surface area (Å²) >= 11 is 0. The smallest absolute Gasteiger partial charge is 0.0644 e. The molecule has 1 aliphatic rings. The monoisotopic (exact) mass is 264 g/mol. The molecule has 0 bridgehead atoms. The molecule has 2 rings (SSSR count). The summed E-state index contributed by atoms with van der Waals surface area (Å²) < 4.78 is 5.38. The molecule has 0 radical (unpaired) electrons. The lowest BCUT2D eigenvalue weighted by Gasteiger charge is -2.35. The van der Waals surface area contributed by atoms with Gasteiger partial charge in [-0.05, 0) is 24.5 Å². The van der Waals surface area contributed by atoms with E-state index in [1.54, 1.807) is 0 Å². The minimum absolute atomic E-state index is 0.0587. The van der Waals surface area contributed by atoms with Gasteiger partial charge in [0, 0.05) is 19.1 Å². The van der Waals surface area contributed by atoms with Crippen LogP contribution in [-0.4, -0.2) is 49.0 Å². The maximum Gasteiger partial charge on any atom is 0.0644 e. The molecule has 0 aromatic heterocycles. The Morgan fingerprint density at radius 2 is 2.26 bits per heavy atom. The van der Waals surface area contributed by atoms with E-state index in [4.69, 9.17) is 10.5 Å². The molecule has 2 atom stereocenters. The molecular weight excluding hydrogens is 240 g/mol. The Kier molecular flexibility index (Phi) is 5.34. The van der Waals surface area contributed by atoms with Gasteiger partial charge in [0.25, 0.3) is 0 Å². The highest BCUT2D eigenvalue weighted by Crippen LogP contribution is 2.19. The van der Waals surface area contributed by atoms with Gasteiger partial charge < -0.3 is 15.6 Å². The van der Waals surface area contributed by atoms with E-state index in [1.807, 2.05) is 12.1 Å². The average molecular weight is 264 g/mol. The number of hydrogen-bond donors (Lipinski definition) is 2. The SMILES string of the molecule is Cc1ccccc1C(N)CCN1CCOCC1CO. The third-order valence-electron chi connectivity index (χ3n) is 3.88. The number of benzene rings is 1. The Bertz CT molecular complexity index is 397. The van der Waals surface area contributed by atoms with Crippen LogP contribution in [0.25, 0.3) is 0 Å². The molecule has 0 amide bonds. The number of nitrogens with two attached hydrogens (primary N) is 1. The average Bonchev–Trinajstić information content (AvgIpc) is 2.45. The summed E-state index contributed by atoms with van der Waals surface area (Å²) in [5.74, 6) is 0. The molecule has 1 aromatic carbocycles. The predicted octanol–water partition coefficient (Wildman–Crippen LogP) is 1.08. The fourth-order valence-corrected chi connectivity index (χ4v) is 2.61. The van der Waals surface area contributed by atoms with Crippen molar-refractivity contribution in [3.05, 3.63) is 35.4 Å². The number of rotatable bonds is 5. The fourth-order valence-electron chi connectivity index (χ4n) is 2.61. The highest BCUT2D eigenvalue weighted by atomic mass is 16.5. The minimum atomic E-state index is 0.0587. The number of morpholine rings is 1. The van der Waals surface area contributed by atoms with E-state index < -0.39 is 0 Å². The molecule has 4 heteroatoms. The molecule has 0 spiro atoms. The topological polar surface area (TPSA) is 58.7 Å². The van der Waals surface area contributed by atoms with Crippen LogP contribution in [-0.2, 0) is 4.74 Å². The van der Waals surface area contributed by atoms with Crippen molar-refractivity contribution >= 4 is 0 Å². The van der Waals surface area contributed by atoms with E-state index in [2.05, 4.69) is 24.0 Å². The van der Waals surface area contributed by atoms with E-state index in [0.29, 0.717) is 6.61 Å². The Balaban J connectivity index is 1.89. The number of nitrogens with zero attached hydrogens (tertiary/aromatic N) is 1. The molecule has 3 N–H and O–H groups in total. The van der Waals surface area contributed by atoms with Crippen LogP contribution in [0.1, 0.15) is 23.6 Å². The van der Waals surface area contributed by atoms with E-state index in [9.17, 15) is 5.11 Å². The van der Waals surface area contributed by atoms with Crippen molar-refractivity contribution in [1.82, 2.24) is 4.90 Å². The molecule has 1 fully saturated rings. The number of aryl methyl sites for hydroxylation is 1. The molecule has 106 valence electrons. The molecule has 19 heavy (non-hydrogen) atoms. The molecule has 2 unspecified atom stereocenters. The first-order valence-corrected chi connectivity index (χ1v) is 6.96. The van der Waals surface area contributed by atoms with Crippen molar-refractivity contribution in [1.29, 1.82) is 0 Å². The van der Waals surface area contributed by atoms with Gasteiger partial charge in [-0.25, -0.2) is 0 Å². The third kappa shape index (κ3) is 3.76. The van der Waals surface area contributed by atoms with E-state index in [0.717, 1.165) is 26.1 Å². The van der Waals surface area contributed by atoms with Crippen LogP contribution < -0.4 is 5.73 Å². The summed E-state index contributed by atoms with van der Waals surface area (Å²) in [7, 11) is 0. The lowest BCUT2D eigenvalue weighted by molar-refractivity contribution is -0.0282. The van der Waals surface area contributed by atoms with Crippen molar-refractivity contribution in [3.63, 3.8) is 0 Å². The quantitative estimate of drug-likeness (QED) is 0.835. The Labute approximate surface area is 115 Å². The zero-order valence-corrected chi connectivity index (χ0v) is 11.6. The van der Waals surface area contributed by atoms with Crippen LogP contribution in [0.15, 0.2) is 24.3 Å². The summed E-state index contributed by atoms with van der Waals surface area (Å²) in [6.45, 7) is 5.40. The fraction of sp³-hybridized carbons (Fsp3) is 0.600. The first-order valence-electron chi connectivity index (χ1n) is 6.96. The van der Waals surface area contributed by atoms with Gasteiger partial charge in [-0.3, -0.25) is 4.90 Å². The van der Waals surface area contributed by atoms with Gasteiger partial charge in [0.05, 0.1) is 25.9 Å². The maximum atomic E-state index is 9.33. The molecule has 4 nitrogen and oxygen atoms in total. The van der Waals surface area contributed by atoms with Crippen LogP contribution in [0, 0.1) is 6.92 Å². The first kappa shape index (κ1) is 14.5. The number of aliphatic hydroxyl groups excluding tert-OH is 1. The highest BCUT2D eigenvalue weighted by molar-refractivity contribution is 5.28. The molecule has 1 heterocycles. The maximum absolute atomic E-state index is 9.33. The zero-order chi connectivity index (χ0) is 13.7. The second-order valence-corrected chi connectivity index (χ2v) is 5.20. The third-order valence-corrected chi connectivity index (χ3v) is 3.88. The first-order chi connectivity index (χ1) is 9.22. The van der Waals surface area contributed by atoms with Gasteiger partial charge in [-0.15, -0.1) is 0 Å². The van der Waals surface area contributed by atoms with E-state index in [-0.39, 0.29) is 18.7 Å². The van der Waals surface area contributed by atoms with E-state index in [1.165, 1.54) is 11.1 Å². The van der Waals surface area contributed by atoms with Crippen LogP contribution in [0.4, 0.5) is 0 Å². The van der Waals surface area contributed by atoms with Crippen LogP contribution in [0.2, 0.25) is 0 Å². The van der Waals surface area contributed by atoms with Crippen molar-refractivity contribution in [2.45, 2.75) is 25.4 Å². The van der Waals surface area contributed by atoms with Crippen LogP contribution in [0.5, 0.6) is 0 Å². The van der Waals surface area contributed by atoms with Crippen molar-refractivity contribution in [2.24, 2.45) is 5.73 Å². The largest absolute Gasteiger partial charge is 0.395 e. The van der Waals surface area contributed by atoms with Crippen LogP contribution in [0.3, 0.4) is 0 Å². The number of hydrogen-bond acceptors (Lipinski definition) is 4. The van der Waals surface area contributed by atoms with E-state index >= 15 is 0 Å². The molecule has 0 saturated carbocycles. The predicted molar refractivity (Wildman–Crippen MR) is 76.0 cm³/mol. The van der Waals surface area contributed by atoms with Crippen molar-refractivity contribution in [2.75, 3.05) is 32.9 Å². The summed E-state index contributed by atoms with van der Waals surface area (Å²) in [5, 5.41) is 9.33. The second kappa shape index (κ2) is 7.01.